The maximum atomic E-state index is 4.63. The Kier molecular flexibility index (Phi) is 13.6. The predicted octanol–water partition coefficient (Wildman–Crippen LogP) is 3.67. The van der Waals surface area contributed by atoms with Crippen molar-refractivity contribution in [1.29, 1.82) is 0 Å². The van der Waals surface area contributed by atoms with Crippen molar-refractivity contribution in [2.24, 2.45) is 4.99 Å². The fraction of sp³-hybridized carbons (Fsp3) is 0.765. The Balaban J connectivity index is 0.00000529. The molecule has 0 spiro atoms. The molecule has 0 aromatic carbocycles. The third-order valence-corrected chi connectivity index (χ3v) is 4.75. The van der Waals surface area contributed by atoms with Crippen LogP contribution in [0.15, 0.2) is 10.4 Å². The van der Waals surface area contributed by atoms with E-state index in [1.807, 2.05) is 7.05 Å². The highest BCUT2D eigenvalue weighted by Crippen LogP contribution is 2.17. The van der Waals surface area contributed by atoms with Gasteiger partial charge in [0, 0.05) is 19.0 Å². The summed E-state index contributed by atoms with van der Waals surface area (Å²) in [5.41, 5.74) is 1.17. The maximum absolute atomic E-state index is 4.63. The molecule has 1 heterocycles. The molecular formula is C17H34IN5S. The Bertz CT molecular complexity index is 458. The number of hydrogen-bond acceptors (Lipinski definition) is 4. The van der Waals surface area contributed by atoms with E-state index in [2.05, 4.69) is 58.6 Å². The zero-order chi connectivity index (χ0) is 17.1. The Morgan fingerprint density at radius 2 is 1.96 bits per heavy atom. The van der Waals surface area contributed by atoms with Crippen LogP contribution in [0.25, 0.3) is 0 Å². The number of aromatic nitrogens is 1. The number of nitrogens with one attached hydrogen (secondary N) is 2. The van der Waals surface area contributed by atoms with E-state index in [0.717, 1.165) is 43.6 Å². The molecular weight excluding hydrogens is 433 g/mol. The second-order valence-electron chi connectivity index (χ2n) is 5.91. The number of hydrogen-bond donors (Lipinski definition) is 2. The van der Waals surface area contributed by atoms with E-state index in [4.69, 9.17) is 0 Å². The van der Waals surface area contributed by atoms with E-state index in [0.29, 0.717) is 5.92 Å². The second-order valence-corrected chi connectivity index (χ2v) is 6.85. The average molecular weight is 467 g/mol. The van der Waals surface area contributed by atoms with Gasteiger partial charge >= 0.3 is 0 Å². The van der Waals surface area contributed by atoms with Gasteiger partial charge in [-0.25, -0.2) is 4.98 Å². The molecule has 0 aliphatic carbocycles. The lowest BCUT2D eigenvalue weighted by Gasteiger charge is -2.17. The molecule has 0 amide bonds. The molecule has 0 bridgehead atoms. The number of rotatable bonds is 10. The fourth-order valence-corrected chi connectivity index (χ4v) is 3.15. The van der Waals surface area contributed by atoms with Gasteiger partial charge in [0.25, 0.3) is 0 Å². The smallest absolute Gasteiger partial charge is 0.191 e. The maximum Gasteiger partial charge on any atom is 0.191 e. The number of thiazole rings is 1. The molecule has 2 N–H and O–H groups in total. The molecule has 1 rings (SSSR count). The predicted molar refractivity (Wildman–Crippen MR) is 117 cm³/mol. The Morgan fingerprint density at radius 1 is 1.25 bits per heavy atom. The van der Waals surface area contributed by atoms with Gasteiger partial charge in [-0.15, -0.1) is 35.3 Å². The molecule has 0 unspecified atom stereocenters. The molecule has 1 aromatic rings. The third-order valence-electron chi connectivity index (χ3n) is 3.88. The minimum atomic E-state index is 0. The van der Waals surface area contributed by atoms with Gasteiger partial charge in [-0.2, -0.15) is 0 Å². The van der Waals surface area contributed by atoms with Gasteiger partial charge in [-0.05, 0) is 38.4 Å². The first-order chi connectivity index (χ1) is 11.1. The summed E-state index contributed by atoms with van der Waals surface area (Å²) in [6.45, 7) is 13.9. The first-order valence-electron chi connectivity index (χ1n) is 8.71. The number of aliphatic imine (C=N–C) groups is 1. The summed E-state index contributed by atoms with van der Waals surface area (Å²) in [6, 6.07) is 0. The summed E-state index contributed by atoms with van der Waals surface area (Å²) < 4.78 is 0. The van der Waals surface area contributed by atoms with Crippen LogP contribution in [-0.2, 0) is 6.54 Å². The molecule has 1 aromatic heterocycles. The van der Waals surface area contributed by atoms with Crippen molar-refractivity contribution in [3.05, 3.63) is 16.1 Å². The van der Waals surface area contributed by atoms with Gasteiger partial charge in [-0.1, -0.05) is 27.7 Å². The summed E-state index contributed by atoms with van der Waals surface area (Å²) in [5.74, 6) is 1.34. The van der Waals surface area contributed by atoms with Gasteiger partial charge in [0.2, 0.25) is 0 Å². The first kappa shape index (κ1) is 23.6. The summed E-state index contributed by atoms with van der Waals surface area (Å²) in [4.78, 5) is 11.4. The zero-order valence-corrected chi connectivity index (χ0v) is 18.9. The van der Waals surface area contributed by atoms with Crippen molar-refractivity contribution < 1.29 is 0 Å². The normalized spacial score (nSPS) is 11.7. The number of nitrogens with zero attached hydrogens (tertiary/aromatic N) is 3. The van der Waals surface area contributed by atoms with E-state index < -0.39 is 0 Å². The molecule has 0 fully saturated rings. The zero-order valence-electron chi connectivity index (χ0n) is 15.8. The number of halogens is 1. The highest BCUT2D eigenvalue weighted by atomic mass is 127. The largest absolute Gasteiger partial charge is 0.356 e. The van der Waals surface area contributed by atoms with Crippen molar-refractivity contribution in [2.75, 3.05) is 33.2 Å². The van der Waals surface area contributed by atoms with Crippen molar-refractivity contribution in [2.45, 2.75) is 53.0 Å². The van der Waals surface area contributed by atoms with E-state index in [9.17, 15) is 0 Å². The summed E-state index contributed by atoms with van der Waals surface area (Å²) in [5, 5.41) is 9.97. The molecule has 0 atom stereocenters. The molecule has 5 nitrogen and oxygen atoms in total. The molecule has 0 aliphatic heterocycles. The summed E-state index contributed by atoms with van der Waals surface area (Å²) in [6.07, 6.45) is 2.38. The molecule has 0 radical (unpaired) electrons. The van der Waals surface area contributed by atoms with E-state index in [1.54, 1.807) is 11.3 Å². The van der Waals surface area contributed by atoms with Crippen molar-refractivity contribution >= 4 is 41.3 Å². The van der Waals surface area contributed by atoms with Gasteiger partial charge in [0.1, 0.15) is 5.01 Å². The second kappa shape index (κ2) is 13.8. The summed E-state index contributed by atoms with van der Waals surface area (Å²) in [7, 11) is 1.81. The third kappa shape index (κ3) is 9.17. The topological polar surface area (TPSA) is 52.5 Å². The standard InChI is InChI=1S/C17H33N5S.HI/c1-6-22(7-2)11-9-8-10-19-17(18-5)20-12-16-21-15(13-23-16)14(3)4;/h13-14H,6-12H2,1-5H3,(H2,18,19,20);1H. The van der Waals surface area contributed by atoms with E-state index >= 15 is 0 Å². The average Bonchev–Trinajstić information content (AvgIpc) is 3.03. The molecule has 140 valence electrons. The lowest BCUT2D eigenvalue weighted by Crippen LogP contribution is -2.37. The molecule has 24 heavy (non-hydrogen) atoms. The first-order valence-corrected chi connectivity index (χ1v) is 9.59. The molecule has 0 saturated heterocycles. The quantitative estimate of drug-likeness (QED) is 0.239. The van der Waals surface area contributed by atoms with Crippen LogP contribution in [-0.4, -0.2) is 49.1 Å². The molecule has 0 saturated carbocycles. The lowest BCUT2D eigenvalue weighted by molar-refractivity contribution is 0.297. The molecule has 7 heteroatoms. The van der Waals surface area contributed by atoms with Crippen LogP contribution >= 0.6 is 35.3 Å². The van der Waals surface area contributed by atoms with Crippen LogP contribution in [0.3, 0.4) is 0 Å². The Labute approximate surface area is 168 Å². The van der Waals surface area contributed by atoms with Gasteiger partial charge in [0.15, 0.2) is 5.96 Å². The highest BCUT2D eigenvalue weighted by molar-refractivity contribution is 14.0. The monoisotopic (exact) mass is 467 g/mol. The van der Waals surface area contributed by atoms with Crippen LogP contribution < -0.4 is 10.6 Å². The van der Waals surface area contributed by atoms with E-state index in [-0.39, 0.29) is 24.0 Å². The van der Waals surface area contributed by atoms with Crippen molar-refractivity contribution in [3.8, 4) is 0 Å². The number of unbranched alkanes of at least 4 members (excludes halogenated alkanes) is 1. The van der Waals surface area contributed by atoms with Crippen LogP contribution in [0.1, 0.15) is 57.2 Å². The Morgan fingerprint density at radius 3 is 2.50 bits per heavy atom. The van der Waals surface area contributed by atoms with Crippen molar-refractivity contribution in [3.63, 3.8) is 0 Å². The number of guanidine groups is 1. The highest BCUT2D eigenvalue weighted by Gasteiger charge is 2.06. The summed E-state index contributed by atoms with van der Waals surface area (Å²) >= 11 is 1.71. The van der Waals surface area contributed by atoms with Gasteiger partial charge in [-0.3, -0.25) is 4.99 Å². The fourth-order valence-electron chi connectivity index (χ4n) is 2.26. The van der Waals surface area contributed by atoms with Crippen LogP contribution in [0, 0.1) is 0 Å². The van der Waals surface area contributed by atoms with Crippen LogP contribution in [0.2, 0.25) is 0 Å². The minimum absolute atomic E-state index is 0. The van der Waals surface area contributed by atoms with Gasteiger partial charge < -0.3 is 15.5 Å². The van der Waals surface area contributed by atoms with Crippen molar-refractivity contribution in [1.82, 2.24) is 20.5 Å². The molecule has 0 aliphatic rings. The van der Waals surface area contributed by atoms with Crippen LogP contribution in [0.4, 0.5) is 0 Å². The van der Waals surface area contributed by atoms with Gasteiger partial charge in [0.05, 0.1) is 12.2 Å². The Hall–Kier alpha value is -0.410. The van der Waals surface area contributed by atoms with Crippen LogP contribution in [0.5, 0.6) is 0 Å². The lowest BCUT2D eigenvalue weighted by atomic mass is 10.2. The van der Waals surface area contributed by atoms with E-state index in [1.165, 1.54) is 18.7 Å². The minimum Gasteiger partial charge on any atom is -0.356 e. The SMILES string of the molecule is CCN(CC)CCCCNC(=NC)NCc1nc(C(C)C)cs1.I.